The lowest BCUT2D eigenvalue weighted by atomic mass is 9.91. The van der Waals surface area contributed by atoms with Crippen molar-refractivity contribution in [2.24, 2.45) is 0 Å². The van der Waals surface area contributed by atoms with E-state index in [1.54, 1.807) is 4.90 Å². The van der Waals surface area contributed by atoms with Gasteiger partial charge in [0, 0.05) is 0 Å². The molecule has 2 saturated heterocycles. The number of piperidine rings is 1. The summed E-state index contributed by atoms with van der Waals surface area (Å²) in [7, 11) is 0. The van der Waals surface area contributed by atoms with Crippen LogP contribution in [0.5, 0.6) is 0 Å². The highest BCUT2D eigenvalue weighted by Crippen LogP contribution is 2.24. The quantitative estimate of drug-likeness (QED) is 0.713. The molecule has 0 radical (unpaired) electrons. The van der Waals surface area contributed by atoms with Gasteiger partial charge in [0.1, 0.15) is 6.61 Å². The molecule has 98 valence electrons. The van der Waals surface area contributed by atoms with Crippen molar-refractivity contribution in [3.05, 3.63) is 0 Å². The molecule has 2 rings (SSSR count). The number of nitrogens with one attached hydrogen (secondary N) is 1. The van der Waals surface area contributed by atoms with E-state index in [2.05, 4.69) is 5.32 Å². The summed E-state index contributed by atoms with van der Waals surface area (Å²) in [6.45, 7) is 4.95. The van der Waals surface area contributed by atoms with Crippen molar-refractivity contribution in [3.8, 4) is 0 Å². The van der Waals surface area contributed by atoms with Gasteiger partial charge in [0.15, 0.2) is 0 Å². The number of nitrogens with zero attached hydrogens (tertiary/aromatic N) is 1. The average Bonchev–Trinajstić information content (AvgIpc) is 2.33. The first-order valence-corrected chi connectivity index (χ1v) is 6.45. The van der Waals surface area contributed by atoms with Crippen molar-refractivity contribution in [1.29, 1.82) is 0 Å². The van der Waals surface area contributed by atoms with Gasteiger partial charge in [-0.05, 0) is 32.4 Å². The number of rotatable bonds is 4. The van der Waals surface area contributed by atoms with E-state index < -0.39 is 5.60 Å². The van der Waals surface area contributed by atoms with Crippen LogP contribution in [0.4, 0.5) is 0 Å². The van der Waals surface area contributed by atoms with Crippen LogP contribution in [0.2, 0.25) is 0 Å². The van der Waals surface area contributed by atoms with Crippen LogP contribution in [0.15, 0.2) is 0 Å². The number of carbonyl (C=O) groups is 1. The Morgan fingerprint density at radius 3 is 2.71 bits per heavy atom. The predicted molar refractivity (Wildman–Crippen MR) is 63.7 cm³/mol. The Morgan fingerprint density at radius 2 is 2.12 bits per heavy atom. The van der Waals surface area contributed by atoms with E-state index >= 15 is 0 Å². The fourth-order valence-corrected chi connectivity index (χ4v) is 2.31. The average molecular weight is 242 g/mol. The normalized spacial score (nSPS) is 24.5. The molecule has 0 spiro atoms. The first-order valence-electron chi connectivity index (χ1n) is 6.45. The van der Waals surface area contributed by atoms with E-state index in [0.29, 0.717) is 19.5 Å². The third-order valence-corrected chi connectivity index (χ3v) is 3.71. The van der Waals surface area contributed by atoms with Crippen molar-refractivity contribution < 1.29 is 14.6 Å². The first kappa shape index (κ1) is 12.8. The summed E-state index contributed by atoms with van der Waals surface area (Å²) < 4.78 is 5.59. The summed E-state index contributed by atoms with van der Waals surface area (Å²) in [6.07, 6.45) is 2.87. The summed E-state index contributed by atoms with van der Waals surface area (Å²) in [4.78, 5) is 13.4. The van der Waals surface area contributed by atoms with Crippen LogP contribution >= 0.6 is 0 Å². The third-order valence-electron chi connectivity index (χ3n) is 3.71. The predicted octanol–water partition coefficient (Wildman–Crippen LogP) is -0.262. The zero-order chi connectivity index (χ0) is 12.3. The first-order chi connectivity index (χ1) is 8.13. The summed E-state index contributed by atoms with van der Waals surface area (Å²) in [5.74, 6) is 0.00153. The Balaban J connectivity index is 1.65. The molecule has 0 aromatic rings. The van der Waals surface area contributed by atoms with Crippen molar-refractivity contribution in [2.45, 2.75) is 37.9 Å². The van der Waals surface area contributed by atoms with Gasteiger partial charge in [0.2, 0.25) is 5.91 Å². The zero-order valence-electron chi connectivity index (χ0n) is 10.4. The Hall–Kier alpha value is -0.650. The fourth-order valence-electron chi connectivity index (χ4n) is 2.31. The molecule has 0 atom stereocenters. The SMILES string of the molecule is CCC1(O)CN(C(=O)COC2CCNCC2)C1. The molecule has 0 aromatic heterocycles. The largest absolute Gasteiger partial charge is 0.386 e. The van der Waals surface area contributed by atoms with Gasteiger partial charge in [-0.3, -0.25) is 4.79 Å². The molecule has 0 aliphatic carbocycles. The summed E-state index contributed by atoms with van der Waals surface area (Å²) in [5.41, 5.74) is -0.648. The Kier molecular flexibility index (Phi) is 4.01. The lowest BCUT2D eigenvalue weighted by Crippen LogP contribution is -2.63. The van der Waals surface area contributed by atoms with Gasteiger partial charge in [-0.15, -0.1) is 0 Å². The smallest absolute Gasteiger partial charge is 0.248 e. The van der Waals surface area contributed by atoms with E-state index in [1.807, 2.05) is 6.92 Å². The zero-order valence-corrected chi connectivity index (χ0v) is 10.4. The second-order valence-electron chi connectivity index (χ2n) is 5.09. The number of aliphatic hydroxyl groups is 1. The van der Waals surface area contributed by atoms with E-state index in [-0.39, 0.29) is 18.6 Å². The highest BCUT2D eigenvalue weighted by Gasteiger charge is 2.41. The highest BCUT2D eigenvalue weighted by molar-refractivity contribution is 5.78. The molecule has 2 aliphatic heterocycles. The molecule has 17 heavy (non-hydrogen) atoms. The molecule has 0 bridgehead atoms. The molecule has 2 aliphatic rings. The van der Waals surface area contributed by atoms with E-state index in [0.717, 1.165) is 25.9 Å². The Bertz CT molecular complexity index is 271. The second kappa shape index (κ2) is 5.33. The molecule has 0 saturated carbocycles. The molecular weight excluding hydrogens is 220 g/mol. The number of β-amino-alcohol motifs (C(OH)–C–C–N with tert-alkyl or cyclic N) is 1. The van der Waals surface area contributed by atoms with Gasteiger partial charge in [-0.2, -0.15) is 0 Å². The molecule has 0 unspecified atom stereocenters. The lowest BCUT2D eigenvalue weighted by molar-refractivity contribution is -0.162. The van der Waals surface area contributed by atoms with Crippen molar-refractivity contribution in [1.82, 2.24) is 10.2 Å². The molecule has 2 fully saturated rings. The van der Waals surface area contributed by atoms with Gasteiger partial charge in [0.25, 0.3) is 0 Å². The fraction of sp³-hybridized carbons (Fsp3) is 0.917. The van der Waals surface area contributed by atoms with Crippen molar-refractivity contribution in [2.75, 3.05) is 32.8 Å². The second-order valence-corrected chi connectivity index (χ2v) is 5.09. The van der Waals surface area contributed by atoms with E-state index in [1.165, 1.54) is 0 Å². The molecule has 2 heterocycles. The maximum absolute atomic E-state index is 11.7. The minimum absolute atomic E-state index is 0.00153. The number of carbonyl (C=O) groups excluding carboxylic acids is 1. The molecule has 1 amide bonds. The van der Waals surface area contributed by atoms with Gasteiger partial charge in [-0.25, -0.2) is 0 Å². The van der Waals surface area contributed by atoms with Crippen LogP contribution in [-0.2, 0) is 9.53 Å². The standard InChI is InChI=1S/C12H22N2O3/c1-2-12(16)8-14(9-12)11(15)7-17-10-3-5-13-6-4-10/h10,13,16H,2-9H2,1H3. The van der Waals surface area contributed by atoms with Crippen LogP contribution in [0, 0.1) is 0 Å². The molecule has 5 nitrogen and oxygen atoms in total. The molecule has 0 aromatic carbocycles. The number of ether oxygens (including phenoxy) is 1. The number of hydrogen-bond acceptors (Lipinski definition) is 4. The monoisotopic (exact) mass is 242 g/mol. The number of likely N-dealkylation sites (tertiary alicyclic amines) is 1. The maximum Gasteiger partial charge on any atom is 0.248 e. The Labute approximate surface area is 102 Å². The lowest BCUT2D eigenvalue weighted by Gasteiger charge is -2.46. The number of hydrogen-bond donors (Lipinski definition) is 2. The minimum Gasteiger partial charge on any atom is -0.386 e. The topological polar surface area (TPSA) is 61.8 Å². The third kappa shape index (κ3) is 3.18. The van der Waals surface area contributed by atoms with Gasteiger partial charge < -0.3 is 20.1 Å². The van der Waals surface area contributed by atoms with Crippen LogP contribution in [-0.4, -0.2) is 60.4 Å². The van der Waals surface area contributed by atoms with E-state index in [9.17, 15) is 9.90 Å². The van der Waals surface area contributed by atoms with Crippen LogP contribution in [0.3, 0.4) is 0 Å². The Morgan fingerprint density at radius 1 is 1.47 bits per heavy atom. The van der Waals surface area contributed by atoms with Crippen molar-refractivity contribution >= 4 is 5.91 Å². The van der Waals surface area contributed by atoms with Gasteiger partial charge in [-0.1, -0.05) is 6.92 Å². The van der Waals surface area contributed by atoms with E-state index in [4.69, 9.17) is 4.74 Å². The molecule has 5 heteroatoms. The van der Waals surface area contributed by atoms with Crippen molar-refractivity contribution in [3.63, 3.8) is 0 Å². The van der Waals surface area contributed by atoms with Gasteiger partial charge >= 0.3 is 0 Å². The maximum atomic E-state index is 11.7. The minimum atomic E-state index is -0.648. The van der Waals surface area contributed by atoms with Crippen LogP contribution in [0.1, 0.15) is 26.2 Å². The molecule has 2 N–H and O–H groups in total. The van der Waals surface area contributed by atoms with Crippen LogP contribution in [0.25, 0.3) is 0 Å². The summed E-state index contributed by atoms with van der Waals surface area (Å²) >= 11 is 0. The van der Waals surface area contributed by atoms with Gasteiger partial charge in [0.05, 0.1) is 24.8 Å². The summed E-state index contributed by atoms with van der Waals surface area (Å²) in [6, 6.07) is 0. The highest BCUT2D eigenvalue weighted by atomic mass is 16.5. The summed E-state index contributed by atoms with van der Waals surface area (Å²) in [5, 5.41) is 13.1. The number of amides is 1. The molecular formula is C12H22N2O3. The van der Waals surface area contributed by atoms with Crippen LogP contribution < -0.4 is 5.32 Å².